The second-order valence-corrected chi connectivity index (χ2v) is 7.89. The summed E-state index contributed by atoms with van der Waals surface area (Å²) in [4.78, 5) is 2.65. The molecule has 2 heteroatoms. The van der Waals surface area contributed by atoms with Crippen LogP contribution >= 0.6 is 0 Å². The van der Waals surface area contributed by atoms with Gasteiger partial charge in [0.05, 0.1) is 0 Å². The van der Waals surface area contributed by atoms with Crippen molar-refractivity contribution in [2.45, 2.75) is 77.2 Å². The topological polar surface area (TPSA) is 29.3 Å². The van der Waals surface area contributed by atoms with Crippen molar-refractivity contribution in [3.63, 3.8) is 0 Å². The van der Waals surface area contributed by atoms with Crippen LogP contribution in [0.15, 0.2) is 0 Å². The zero-order valence-corrected chi connectivity index (χ0v) is 14.0. The van der Waals surface area contributed by atoms with E-state index in [1.807, 2.05) is 0 Å². The first-order chi connectivity index (χ1) is 9.57. The minimum absolute atomic E-state index is 0.308. The molecule has 0 spiro atoms. The smallest absolute Gasteiger partial charge is 0.0329 e. The Bertz CT molecular complexity index is 273. The quantitative estimate of drug-likeness (QED) is 0.823. The summed E-state index contributed by atoms with van der Waals surface area (Å²) in [5.74, 6) is 2.70. The Balaban J connectivity index is 1.89. The van der Waals surface area contributed by atoms with Crippen molar-refractivity contribution in [1.29, 1.82) is 0 Å². The van der Waals surface area contributed by atoms with Crippen molar-refractivity contribution >= 4 is 0 Å². The predicted molar refractivity (Wildman–Crippen MR) is 87.8 cm³/mol. The second-order valence-electron chi connectivity index (χ2n) is 7.89. The minimum atomic E-state index is 0.308. The van der Waals surface area contributed by atoms with E-state index in [1.165, 1.54) is 64.3 Å². The highest BCUT2D eigenvalue weighted by molar-refractivity contribution is 4.95. The van der Waals surface area contributed by atoms with Gasteiger partial charge in [-0.05, 0) is 63.3 Å². The molecule has 2 N–H and O–H groups in total. The van der Waals surface area contributed by atoms with E-state index in [4.69, 9.17) is 5.73 Å². The first kappa shape index (κ1) is 16.3. The molecule has 0 aromatic carbocycles. The lowest BCUT2D eigenvalue weighted by molar-refractivity contribution is 0.0393. The van der Waals surface area contributed by atoms with Crippen LogP contribution in [0, 0.1) is 17.8 Å². The normalized spacial score (nSPS) is 33.0. The van der Waals surface area contributed by atoms with Crippen LogP contribution in [0.4, 0.5) is 0 Å². The highest BCUT2D eigenvalue weighted by Gasteiger charge is 2.38. The summed E-state index contributed by atoms with van der Waals surface area (Å²) in [6.07, 6.45) is 12.6. The maximum absolute atomic E-state index is 6.22. The molecule has 0 aromatic heterocycles. The lowest BCUT2D eigenvalue weighted by Crippen LogP contribution is -2.55. The molecule has 2 saturated carbocycles. The van der Waals surface area contributed by atoms with E-state index in [9.17, 15) is 0 Å². The molecule has 118 valence electrons. The van der Waals surface area contributed by atoms with Crippen LogP contribution in [0.5, 0.6) is 0 Å². The van der Waals surface area contributed by atoms with E-state index in [2.05, 4.69) is 25.8 Å². The van der Waals surface area contributed by atoms with Crippen LogP contribution in [-0.4, -0.2) is 30.6 Å². The number of rotatable bonds is 5. The molecular formula is C18H36N2. The van der Waals surface area contributed by atoms with Gasteiger partial charge in [0.2, 0.25) is 0 Å². The molecule has 0 heterocycles. The number of hydrogen-bond donors (Lipinski definition) is 1. The first-order valence-corrected chi connectivity index (χ1v) is 8.99. The van der Waals surface area contributed by atoms with Crippen LogP contribution in [0.3, 0.4) is 0 Å². The summed E-state index contributed by atoms with van der Waals surface area (Å²) in [5, 5.41) is 0. The van der Waals surface area contributed by atoms with Crippen LogP contribution in [-0.2, 0) is 0 Å². The minimum Gasteiger partial charge on any atom is -0.329 e. The lowest BCUT2D eigenvalue weighted by atomic mass is 9.71. The van der Waals surface area contributed by atoms with Crippen LogP contribution in [0.2, 0.25) is 0 Å². The summed E-state index contributed by atoms with van der Waals surface area (Å²) >= 11 is 0. The van der Waals surface area contributed by atoms with Crippen molar-refractivity contribution < 1.29 is 0 Å². The largest absolute Gasteiger partial charge is 0.329 e. The highest BCUT2D eigenvalue weighted by atomic mass is 15.2. The van der Waals surface area contributed by atoms with Crippen molar-refractivity contribution in [3.8, 4) is 0 Å². The van der Waals surface area contributed by atoms with E-state index in [1.54, 1.807) is 0 Å². The lowest BCUT2D eigenvalue weighted by Gasteiger charge is -2.48. The van der Waals surface area contributed by atoms with Crippen LogP contribution < -0.4 is 5.73 Å². The number of nitrogens with zero attached hydrogens (tertiary/aromatic N) is 1. The average Bonchev–Trinajstić information content (AvgIpc) is 2.48. The number of nitrogens with two attached hydrogens (primary N) is 1. The van der Waals surface area contributed by atoms with Gasteiger partial charge in [-0.2, -0.15) is 0 Å². The monoisotopic (exact) mass is 280 g/mol. The molecule has 0 atom stereocenters. The van der Waals surface area contributed by atoms with Crippen molar-refractivity contribution in [2.24, 2.45) is 23.5 Å². The summed E-state index contributed by atoms with van der Waals surface area (Å²) in [6.45, 7) is 6.89. The van der Waals surface area contributed by atoms with Gasteiger partial charge in [0, 0.05) is 18.6 Å². The standard InChI is InChI=1S/C18H36N2/c1-15(2)17-9-11-18(14-19,12-10-17)20(3)13-16-7-5-4-6-8-16/h15-17H,4-14,19H2,1-3H3. The van der Waals surface area contributed by atoms with E-state index in [0.29, 0.717) is 5.54 Å². The third-order valence-corrected chi connectivity index (χ3v) is 6.35. The Kier molecular flexibility index (Phi) is 5.92. The molecule has 0 radical (unpaired) electrons. The maximum atomic E-state index is 6.22. The molecular weight excluding hydrogens is 244 g/mol. The molecule has 2 aliphatic rings. The summed E-state index contributed by atoms with van der Waals surface area (Å²) in [7, 11) is 2.34. The molecule has 2 rings (SSSR count). The Hall–Kier alpha value is -0.0800. The summed E-state index contributed by atoms with van der Waals surface area (Å²) in [5.41, 5.74) is 6.53. The average molecular weight is 280 g/mol. The molecule has 2 nitrogen and oxygen atoms in total. The Labute approximate surface area is 126 Å². The SMILES string of the molecule is CC(C)C1CCC(CN)(N(C)CC2CCCCC2)CC1. The number of hydrogen-bond acceptors (Lipinski definition) is 2. The fourth-order valence-electron chi connectivity index (χ4n) is 4.54. The van der Waals surface area contributed by atoms with Crippen molar-refractivity contribution in [2.75, 3.05) is 20.1 Å². The summed E-state index contributed by atoms with van der Waals surface area (Å²) in [6, 6.07) is 0. The third-order valence-electron chi connectivity index (χ3n) is 6.35. The van der Waals surface area contributed by atoms with E-state index in [-0.39, 0.29) is 0 Å². The Morgan fingerprint density at radius 3 is 2.15 bits per heavy atom. The highest BCUT2D eigenvalue weighted by Crippen LogP contribution is 2.39. The third kappa shape index (κ3) is 3.76. The molecule has 0 bridgehead atoms. The molecule has 0 unspecified atom stereocenters. The van der Waals surface area contributed by atoms with Gasteiger partial charge in [0.1, 0.15) is 0 Å². The van der Waals surface area contributed by atoms with Crippen LogP contribution in [0.1, 0.15) is 71.6 Å². The molecule has 0 aromatic rings. The van der Waals surface area contributed by atoms with Gasteiger partial charge < -0.3 is 5.73 Å². The predicted octanol–water partition coefficient (Wildman–Crippen LogP) is 4.04. The fourth-order valence-corrected chi connectivity index (χ4v) is 4.54. The van der Waals surface area contributed by atoms with E-state index < -0.39 is 0 Å². The zero-order chi connectivity index (χ0) is 14.6. The van der Waals surface area contributed by atoms with E-state index in [0.717, 1.165) is 24.3 Å². The van der Waals surface area contributed by atoms with Crippen LogP contribution in [0.25, 0.3) is 0 Å². The van der Waals surface area contributed by atoms with Gasteiger partial charge in [-0.1, -0.05) is 33.1 Å². The molecule has 0 saturated heterocycles. The van der Waals surface area contributed by atoms with Gasteiger partial charge >= 0.3 is 0 Å². The van der Waals surface area contributed by atoms with Crippen molar-refractivity contribution in [3.05, 3.63) is 0 Å². The number of likely N-dealkylation sites (N-methyl/N-ethyl adjacent to an activating group) is 1. The molecule has 0 amide bonds. The first-order valence-electron chi connectivity index (χ1n) is 8.99. The second kappa shape index (κ2) is 7.26. The van der Waals surface area contributed by atoms with Gasteiger partial charge in [0.25, 0.3) is 0 Å². The van der Waals surface area contributed by atoms with Gasteiger partial charge in [-0.3, -0.25) is 4.90 Å². The van der Waals surface area contributed by atoms with Crippen molar-refractivity contribution in [1.82, 2.24) is 4.90 Å². The van der Waals surface area contributed by atoms with E-state index >= 15 is 0 Å². The van der Waals surface area contributed by atoms with Gasteiger partial charge in [0.15, 0.2) is 0 Å². The molecule has 0 aliphatic heterocycles. The Morgan fingerprint density at radius 1 is 1.05 bits per heavy atom. The molecule has 2 fully saturated rings. The molecule has 2 aliphatic carbocycles. The maximum Gasteiger partial charge on any atom is 0.0329 e. The fraction of sp³-hybridized carbons (Fsp3) is 1.00. The summed E-state index contributed by atoms with van der Waals surface area (Å²) < 4.78 is 0. The van der Waals surface area contributed by atoms with Gasteiger partial charge in [-0.15, -0.1) is 0 Å². The Morgan fingerprint density at radius 2 is 1.65 bits per heavy atom. The molecule has 20 heavy (non-hydrogen) atoms. The van der Waals surface area contributed by atoms with Gasteiger partial charge in [-0.25, -0.2) is 0 Å². The zero-order valence-electron chi connectivity index (χ0n) is 14.0.